The van der Waals surface area contributed by atoms with Crippen molar-refractivity contribution in [3.05, 3.63) is 33.9 Å². The summed E-state index contributed by atoms with van der Waals surface area (Å²) in [6.07, 6.45) is 3.42. The Labute approximate surface area is 102 Å². The molecule has 0 bridgehead atoms. The first kappa shape index (κ1) is 13.5. The standard InChI is InChI=1S/C13H20N2O2/c1-4-5-6-11(3)14-12-8-7-10(2)13(9-12)15(16)17/h7-9,11,14H,4-6H2,1-3H3. The third-order valence-corrected chi connectivity index (χ3v) is 2.81. The van der Waals surface area contributed by atoms with E-state index >= 15 is 0 Å². The number of benzene rings is 1. The Balaban J connectivity index is 2.72. The molecule has 1 rings (SSSR count). The summed E-state index contributed by atoms with van der Waals surface area (Å²) < 4.78 is 0. The van der Waals surface area contributed by atoms with E-state index in [0.29, 0.717) is 11.6 Å². The smallest absolute Gasteiger partial charge is 0.274 e. The molecule has 1 aromatic rings. The molecule has 94 valence electrons. The fourth-order valence-electron chi connectivity index (χ4n) is 1.76. The predicted octanol–water partition coefficient (Wildman–Crippen LogP) is 3.89. The number of unbranched alkanes of at least 4 members (excludes halogenated alkanes) is 1. The molecule has 0 saturated heterocycles. The van der Waals surface area contributed by atoms with Gasteiger partial charge in [-0.15, -0.1) is 0 Å². The van der Waals surface area contributed by atoms with E-state index in [-0.39, 0.29) is 10.6 Å². The first-order valence-corrected chi connectivity index (χ1v) is 6.06. The van der Waals surface area contributed by atoms with Gasteiger partial charge in [0.2, 0.25) is 0 Å². The van der Waals surface area contributed by atoms with Crippen molar-refractivity contribution in [1.82, 2.24) is 0 Å². The largest absolute Gasteiger partial charge is 0.382 e. The molecule has 0 heterocycles. The van der Waals surface area contributed by atoms with Gasteiger partial charge in [-0.3, -0.25) is 10.1 Å². The highest BCUT2D eigenvalue weighted by Gasteiger charge is 2.11. The molecule has 0 saturated carbocycles. The number of rotatable bonds is 6. The van der Waals surface area contributed by atoms with Crippen LogP contribution >= 0.6 is 0 Å². The van der Waals surface area contributed by atoms with E-state index in [1.54, 1.807) is 19.1 Å². The normalized spacial score (nSPS) is 12.2. The van der Waals surface area contributed by atoms with Crippen LogP contribution in [0.1, 0.15) is 38.7 Å². The summed E-state index contributed by atoms with van der Waals surface area (Å²) in [5.41, 5.74) is 1.70. The Bertz CT molecular complexity index is 391. The van der Waals surface area contributed by atoms with Crippen molar-refractivity contribution in [2.75, 3.05) is 5.32 Å². The van der Waals surface area contributed by atoms with Crippen LogP contribution in [0, 0.1) is 17.0 Å². The third kappa shape index (κ3) is 4.06. The van der Waals surface area contributed by atoms with Gasteiger partial charge >= 0.3 is 0 Å². The molecule has 17 heavy (non-hydrogen) atoms. The molecule has 4 nitrogen and oxygen atoms in total. The van der Waals surface area contributed by atoms with Crippen molar-refractivity contribution in [2.24, 2.45) is 0 Å². The minimum Gasteiger partial charge on any atom is -0.382 e. The molecule has 0 aliphatic rings. The van der Waals surface area contributed by atoms with Crippen LogP contribution in [0.4, 0.5) is 11.4 Å². The van der Waals surface area contributed by atoms with Crippen LogP contribution in [0.2, 0.25) is 0 Å². The summed E-state index contributed by atoms with van der Waals surface area (Å²) in [7, 11) is 0. The summed E-state index contributed by atoms with van der Waals surface area (Å²) in [5, 5.41) is 14.1. The Morgan fingerprint density at radius 3 is 2.76 bits per heavy atom. The summed E-state index contributed by atoms with van der Waals surface area (Å²) >= 11 is 0. The highest BCUT2D eigenvalue weighted by Crippen LogP contribution is 2.23. The van der Waals surface area contributed by atoms with Crippen molar-refractivity contribution < 1.29 is 4.92 Å². The molecule has 1 atom stereocenters. The average molecular weight is 236 g/mol. The number of hydrogen-bond acceptors (Lipinski definition) is 3. The third-order valence-electron chi connectivity index (χ3n) is 2.81. The second kappa shape index (κ2) is 6.23. The van der Waals surface area contributed by atoms with Crippen LogP contribution in [0.15, 0.2) is 18.2 Å². The van der Waals surface area contributed by atoms with E-state index in [1.165, 1.54) is 12.8 Å². The van der Waals surface area contributed by atoms with Gasteiger partial charge in [0.1, 0.15) is 0 Å². The van der Waals surface area contributed by atoms with Crippen molar-refractivity contribution in [3.8, 4) is 0 Å². The fraction of sp³-hybridized carbons (Fsp3) is 0.538. The van der Waals surface area contributed by atoms with E-state index in [1.807, 2.05) is 6.07 Å². The first-order valence-electron chi connectivity index (χ1n) is 6.06. The van der Waals surface area contributed by atoms with E-state index in [0.717, 1.165) is 12.1 Å². The van der Waals surface area contributed by atoms with Crippen molar-refractivity contribution in [2.45, 2.75) is 46.1 Å². The summed E-state index contributed by atoms with van der Waals surface area (Å²) in [4.78, 5) is 10.5. The van der Waals surface area contributed by atoms with E-state index in [4.69, 9.17) is 0 Å². The molecule has 4 heteroatoms. The van der Waals surface area contributed by atoms with E-state index in [2.05, 4.69) is 19.2 Å². The number of nitro groups is 1. The second-order valence-electron chi connectivity index (χ2n) is 4.45. The number of nitrogens with zero attached hydrogens (tertiary/aromatic N) is 1. The molecular formula is C13H20N2O2. The molecule has 0 aliphatic heterocycles. The van der Waals surface area contributed by atoms with Gasteiger partial charge in [0, 0.05) is 23.4 Å². The Kier molecular flexibility index (Phi) is 4.94. The summed E-state index contributed by atoms with van der Waals surface area (Å²) in [6.45, 7) is 6.01. The Morgan fingerprint density at radius 1 is 1.47 bits per heavy atom. The predicted molar refractivity (Wildman–Crippen MR) is 70.4 cm³/mol. The van der Waals surface area contributed by atoms with Gasteiger partial charge in [-0.1, -0.05) is 25.8 Å². The zero-order valence-corrected chi connectivity index (χ0v) is 10.7. The molecule has 1 aromatic carbocycles. The van der Waals surface area contributed by atoms with Gasteiger partial charge in [-0.2, -0.15) is 0 Å². The van der Waals surface area contributed by atoms with Crippen molar-refractivity contribution in [1.29, 1.82) is 0 Å². The maximum absolute atomic E-state index is 10.8. The average Bonchev–Trinajstić information content (AvgIpc) is 2.28. The number of hydrogen-bond donors (Lipinski definition) is 1. The van der Waals surface area contributed by atoms with Gasteiger partial charge < -0.3 is 5.32 Å². The molecular weight excluding hydrogens is 216 g/mol. The van der Waals surface area contributed by atoms with Gasteiger partial charge in [0.15, 0.2) is 0 Å². The Hall–Kier alpha value is -1.58. The van der Waals surface area contributed by atoms with Crippen molar-refractivity contribution >= 4 is 11.4 Å². The van der Waals surface area contributed by atoms with Crippen LogP contribution in [0.3, 0.4) is 0 Å². The molecule has 0 aromatic heterocycles. The number of nitro benzene ring substituents is 1. The van der Waals surface area contributed by atoms with Crippen LogP contribution < -0.4 is 5.32 Å². The molecule has 0 spiro atoms. The van der Waals surface area contributed by atoms with Gasteiger partial charge in [0.25, 0.3) is 5.69 Å². The summed E-state index contributed by atoms with van der Waals surface area (Å²) in [5.74, 6) is 0. The van der Waals surface area contributed by atoms with Gasteiger partial charge in [-0.05, 0) is 26.3 Å². The highest BCUT2D eigenvalue weighted by atomic mass is 16.6. The lowest BCUT2D eigenvalue weighted by atomic mass is 10.1. The SMILES string of the molecule is CCCCC(C)Nc1ccc(C)c([N+](=O)[O-])c1. The van der Waals surface area contributed by atoms with Gasteiger partial charge in [-0.25, -0.2) is 0 Å². The topological polar surface area (TPSA) is 55.2 Å². The lowest BCUT2D eigenvalue weighted by Gasteiger charge is -2.14. The molecule has 1 N–H and O–H groups in total. The molecule has 0 amide bonds. The quantitative estimate of drug-likeness (QED) is 0.602. The number of aryl methyl sites for hydroxylation is 1. The molecule has 0 aliphatic carbocycles. The van der Waals surface area contributed by atoms with E-state index < -0.39 is 0 Å². The van der Waals surface area contributed by atoms with Crippen LogP contribution in [-0.2, 0) is 0 Å². The van der Waals surface area contributed by atoms with Crippen LogP contribution in [-0.4, -0.2) is 11.0 Å². The maximum atomic E-state index is 10.8. The minimum atomic E-state index is -0.336. The monoisotopic (exact) mass is 236 g/mol. The Morgan fingerprint density at radius 2 is 2.18 bits per heavy atom. The zero-order valence-electron chi connectivity index (χ0n) is 10.7. The molecule has 0 fully saturated rings. The second-order valence-corrected chi connectivity index (χ2v) is 4.45. The van der Waals surface area contributed by atoms with E-state index in [9.17, 15) is 10.1 Å². The van der Waals surface area contributed by atoms with Gasteiger partial charge in [0.05, 0.1) is 4.92 Å². The summed E-state index contributed by atoms with van der Waals surface area (Å²) in [6, 6.07) is 5.63. The zero-order chi connectivity index (χ0) is 12.8. The highest BCUT2D eigenvalue weighted by molar-refractivity contribution is 5.55. The fourth-order valence-corrected chi connectivity index (χ4v) is 1.76. The minimum absolute atomic E-state index is 0.178. The lowest BCUT2D eigenvalue weighted by molar-refractivity contribution is -0.385. The molecule has 1 unspecified atom stereocenters. The maximum Gasteiger partial charge on any atom is 0.274 e. The number of nitrogens with one attached hydrogen (secondary N) is 1. The molecule has 0 radical (unpaired) electrons. The van der Waals surface area contributed by atoms with Crippen LogP contribution in [0.5, 0.6) is 0 Å². The number of anilines is 1. The van der Waals surface area contributed by atoms with Crippen molar-refractivity contribution in [3.63, 3.8) is 0 Å². The lowest BCUT2D eigenvalue weighted by Crippen LogP contribution is -2.14. The first-order chi connectivity index (χ1) is 8.04. The van der Waals surface area contributed by atoms with Crippen LogP contribution in [0.25, 0.3) is 0 Å².